The van der Waals surface area contributed by atoms with Crippen molar-refractivity contribution >= 4 is 34.2 Å². The van der Waals surface area contributed by atoms with Gasteiger partial charge in [-0.25, -0.2) is 0 Å². The molecule has 0 aliphatic rings. The van der Waals surface area contributed by atoms with Crippen LogP contribution in [0.1, 0.15) is 19.4 Å². The standard InChI is InChI=1S/C20H16Cl2O4/c1-10(2)3-5-13-19(25)18-16(24)8-12(23)9-17(18)26-20(13)11-4-6-14(21)15(22)7-11/h3-4,6-9,23-24H,5H2,1-2H3. The zero-order valence-corrected chi connectivity index (χ0v) is 15.6. The molecule has 0 aliphatic carbocycles. The Morgan fingerprint density at radius 1 is 1.12 bits per heavy atom. The molecule has 0 bridgehead atoms. The van der Waals surface area contributed by atoms with Gasteiger partial charge in [-0.05, 0) is 38.5 Å². The number of benzene rings is 2. The average molecular weight is 391 g/mol. The molecule has 0 amide bonds. The van der Waals surface area contributed by atoms with Gasteiger partial charge in [-0.1, -0.05) is 34.9 Å². The third kappa shape index (κ3) is 3.43. The van der Waals surface area contributed by atoms with E-state index >= 15 is 0 Å². The quantitative estimate of drug-likeness (QED) is 0.563. The van der Waals surface area contributed by atoms with E-state index in [4.69, 9.17) is 27.6 Å². The molecule has 2 aromatic carbocycles. The van der Waals surface area contributed by atoms with Crippen molar-refractivity contribution in [1.82, 2.24) is 0 Å². The molecule has 0 unspecified atom stereocenters. The summed E-state index contributed by atoms with van der Waals surface area (Å²) in [5, 5.41) is 20.6. The van der Waals surface area contributed by atoms with E-state index in [1.54, 1.807) is 18.2 Å². The van der Waals surface area contributed by atoms with Gasteiger partial charge in [0.1, 0.15) is 28.2 Å². The Balaban J connectivity index is 2.38. The van der Waals surface area contributed by atoms with E-state index in [-0.39, 0.29) is 27.9 Å². The van der Waals surface area contributed by atoms with Gasteiger partial charge in [0.05, 0.1) is 10.0 Å². The minimum atomic E-state index is -0.359. The van der Waals surface area contributed by atoms with Crippen molar-refractivity contribution in [2.75, 3.05) is 0 Å². The van der Waals surface area contributed by atoms with Crippen molar-refractivity contribution in [2.45, 2.75) is 20.3 Å². The molecule has 2 N–H and O–H groups in total. The molecule has 0 saturated carbocycles. The van der Waals surface area contributed by atoms with Crippen LogP contribution in [-0.2, 0) is 6.42 Å². The average Bonchev–Trinajstić information content (AvgIpc) is 2.55. The van der Waals surface area contributed by atoms with Crippen molar-refractivity contribution in [2.24, 2.45) is 0 Å². The second kappa shape index (κ2) is 7.06. The lowest BCUT2D eigenvalue weighted by atomic mass is 10.0. The predicted octanol–water partition coefficient (Wildman–Crippen LogP) is 5.69. The van der Waals surface area contributed by atoms with E-state index in [0.29, 0.717) is 33.4 Å². The Kier molecular flexibility index (Phi) is 4.99. The summed E-state index contributed by atoms with van der Waals surface area (Å²) in [7, 11) is 0. The first-order valence-corrected chi connectivity index (χ1v) is 8.64. The molecule has 0 saturated heterocycles. The highest BCUT2D eigenvalue weighted by molar-refractivity contribution is 6.42. The van der Waals surface area contributed by atoms with Crippen molar-refractivity contribution < 1.29 is 14.6 Å². The number of hydrogen-bond donors (Lipinski definition) is 2. The van der Waals surface area contributed by atoms with Crippen LogP contribution < -0.4 is 5.43 Å². The highest BCUT2D eigenvalue weighted by Crippen LogP contribution is 2.35. The number of rotatable bonds is 3. The maximum Gasteiger partial charge on any atom is 0.200 e. The molecule has 26 heavy (non-hydrogen) atoms. The fourth-order valence-corrected chi connectivity index (χ4v) is 2.98. The fraction of sp³-hybridized carbons (Fsp3) is 0.150. The SMILES string of the molecule is CC(C)=CCc1c(-c2ccc(Cl)c(Cl)c2)oc2cc(O)cc(O)c2c1=O. The van der Waals surface area contributed by atoms with Gasteiger partial charge in [-0.2, -0.15) is 0 Å². The second-order valence-electron chi connectivity index (χ2n) is 6.19. The summed E-state index contributed by atoms with van der Waals surface area (Å²) in [5.41, 5.74) is 1.74. The summed E-state index contributed by atoms with van der Waals surface area (Å²) >= 11 is 12.1. The Morgan fingerprint density at radius 2 is 1.85 bits per heavy atom. The first-order chi connectivity index (χ1) is 12.3. The van der Waals surface area contributed by atoms with E-state index in [0.717, 1.165) is 11.6 Å². The number of halogens is 2. The lowest BCUT2D eigenvalue weighted by Gasteiger charge is -2.11. The smallest absolute Gasteiger partial charge is 0.200 e. The Bertz CT molecular complexity index is 1090. The number of phenolic OH excluding ortho intramolecular Hbond substituents is 2. The normalized spacial score (nSPS) is 10.9. The largest absolute Gasteiger partial charge is 0.508 e. The van der Waals surface area contributed by atoms with E-state index in [1.165, 1.54) is 6.07 Å². The van der Waals surface area contributed by atoms with E-state index in [2.05, 4.69) is 0 Å². The molecule has 134 valence electrons. The van der Waals surface area contributed by atoms with Gasteiger partial charge in [0.15, 0.2) is 0 Å². The molecule has 1 heterocycles. The monoisotopic (exact) mass is 390 g/mol. The van der Waals surface area contributed by atoms with Crippen LogP contribution in [0, 0.1) is 0 Å². The van der Waals surface area contributed by atoms with Gasteiger partial charge >= 0.3 is 0 Å². The second-order valence-corrected chi connectivity index (χ2v) is 7.01. The van der Waals surface area contributed by atoms with E-state index in [1.807, 2.05) is 19.9 Å². The van der Waals surface area contributed by atoms with Gasteiger partial charge in [-0.15, -0.1) is 0 Å². The molecule has 6 heteroatoms. The molecule has 3 rings (SSSR count). The van der Waals surface area contributed by atoms with Gasteiger partial charge < -0.3 is 14.6 Å². The molecule has 4 nitrogen and oxygen atoms in total. The van der Waals surface area contributed by atoms with Crippen LogP contribution in [0.2, 0.25) is 10.0 Å². The fourth-order valence-electron chi connectivity index (χ4n) is 2.68. The van der Waals surface area contributed by atoms with Crippen molar-refractivity contribution in [3.05, 3.63) is 67.8 Å². The molecule has 0 atom stereocenters. The molecule has 0 spiro atoms. The maximum absolute atomic E-state index is 13.0. The van der Waals surface area contributed by atoms with Crippen molar-refractivity contribution in [1.29, 1.82) is 0 Å². The van der Waals surface area contributed by atoms with Crippen LogP contribution in [0.4, 0.5) is 0 Å². The minimum absolute atomic E-state index is 0.0313. The lowest BCUT2D eigenvalue weighted by molar-refractivity contribution is 0.452. The van der Waals surface area contributed by atoms with Gasteiger partial charge in [0.2, 0.25) is 5.43 Å². The molecular weight excluding hydrogens is 375 g/mol. The number of aromatic hydroxyl groups is 2. The number of hydrogen-bond acceptors (Lipinski definition) is 4. The first kappa shape index (κ1) is 18.4. The Labute approximate surface area is 159 Å². The lowest BCUT2D eigenvalue weighted by Crippen LogP contribution is -2.11. The number of phenols is 2. The molecular formula is C20H16Cl2O4. The van der Waals surface area contributed by atoms with Crippen LogP contribution >= 0.6 is 23.2 Å². The first-order valence-electron chi connectivity index (χ1n) is 7.88. The molecule has 0 aliphatic heterocycles. The topological polar surface area (TPSA) is 70.7 Å². The third-order valence-electron chi connectivity index (χ3n) is 3.95. The van der Waals surface area contributed by atoms with Crippen LogP contribution in [0.25, 0.3) is 22.3 Å². The zero-order valence-electron chi connectivity index (χ0n) is 14.1. The summed E-state index contributed by atoms with van der Waals surface area (Å²) in [4.78, 5) is 13.0. The summed E-state index contributed by atoms with van der Waals surface area (Å²) in [6.45, 7) is 3.86. The summed E-state index contributed by atoms with van der Waals surface area (Å²) in [6, 6.07) is 7.34. The third-order valence-corrected chi connectivity index (χ3v) is 4.69. The van der Waals surface area contributed by atoms with Crippen molar-refractivity contribution in [3.63, 3.8) is 0 Å². The Morgan fingerprint density at radius 3 is 2.50 bits per heavy atom. The summed E-state index contributed by atoms with van der Waals surface area (Å²) in [5.74, 6) is -0.202. The van der Waals surface area contributed by atoms with Crippen LogP contribution in [-0.4, -0.2) is 10.2 Å². The van der Waals surface area contributed by atoms with Gasteiger partial charge in [0, 0.05) is 23.3 Å². The highest BCUT2D eigenvalue weighted by Gasteiger charge is 2.19. The molecule has 0 fully saturated rings. The maximum atomic E-state index is 13.0. The van der Waals surface area contributed by atoms with Gasteiger partial charge in [0.25, 0.3) is 0 Å². The molecule has 3 aromatic rings. The van der Waals surface area contributed by atoms with Crippen LogP contribution in [0.5, 0.6) is 11.5 Å². The minimum Gasteiger partial charge on any atom is -0.508 e. The summed E-state index contributed by atoms with van der Waals surface area (Å²) in [6.07, 6.45) is 2.23. The Hall–Kier alpha value is -2.43. The number of fused-ring (bicyclic) bond motifs is 1. The predicted molar refractivity (Wildman–Crippen MR) is 104 cm³/mol. The molecule has 0 radical (unpaired) electrons. The van der Waals surface area contributed by atoms with Crippen LogP contribution in [0.3, 0.4) is 0 Å². The molecule has 1 aromatic heterocycles. The van der Waals surface area contributed by atoms with Gasteiger partial charge in [-0.3, -0.25) is 4.79 Å². The van der Waals surface area contributed by atoms with E-state index in [9.17, 15) is 15.0 Å². The number of allylic oxidation sites excluding steroid dienone is 2. The van der Waals surface area contributed by atoms with E-state index < -0.39 is 0 Å². The zero-order chi connectivity index (χ0) is 19.0. The van der Waals surface area contributed by atoms with Crippen LogP contribution in [0.15, 0.2) is 51.2 Å². The highest BCUT2D eigenvalue weighted by atomic mass is 35.5. The van der Waals surface area contributed by atoms with Crippen molar-refractivity contribution in [3.8, 4) is 22.8 Å². The summed E-state index contributed by atoms with van der Waals surface area (Å²) < 4.78 is 5.90.